The van der Waals surface area contributed by atoms with Crippen molar-refractivity contribution in [1.82, 2.24) is 10.6 Å². The van der Waals surface area contributed by atoms with E-state index in [9.17, 15) is 19.2 Å². The van der Waals surface area contributed by atoms with E-state index < -0.39 is 23.3 Å². The van der Waals surface area contributed by atoms with E-state index >= 15 is 0 Å². The number of amides is 2. The fraction of sp³-hybridized carbons (Fsp3) is 0.375. The Morgan fingerprint density at radius 2 is 1.97 bits per heavy atom. The minimum atomic E-state index is -0.818. The van der Waals surface area contributed by atoms with Crippen molar-refractivity contribution in [2.75, 3.05) is 6.54 Å². The number of nitriles is 1. The molecule has 2 amide bonds. The summed E-state index contributed by atoms with van der Waals surface area (Å²) in [5.74, 6) is -0.548. The number of halogens is 1. The number of piperidine rings is 2. The SMILES string of the molecule is N#CC(Cc1ccc(-c2cccc(C(N)=O)c2)cc1F)NC(=O)C12CCC(CC1)CN2. The van der Waals surface area contributed by atoms with Crippen LogP contribution in [0.3, 0.4) is 0 Å². The van der Waals surface area contributed by atoms with Crippen molar-refractivity contribution in [1.29, 1.82) is 5.26 Å². The van der Waals surface area contributed by atoms with Crippen LogP contribution in [-0.4, -0.2) is 29.9 Å². The first-order chi connectivity index (χ1) is 14.9. The Balaban J connectivity index is 1.47. The van der Waals surface area contributed by atoms with E-state index in [0.29, 0.717) is 28.2 Å². The molecule has 1 atom stereocenters. The van der Waals surface area contributed by atoms with E-state index in [-0.39, 0.29) is 12.3 Å². The minimum absolute atomic E-state index is 0.0778. The van der Waals surface area contributed by atoms with Crippen molar-refractivity contribution in [2.24, 2.45) is 11.7 Å². The van der Waals surface area contributed by atoms with Gasteiger partial charge in [-0.3, -0.25) is 9.59 Å². The van der Waals surface area contributed by atoms with E-state index in [1.807, 2.05) is 0 Å². The number of nitrogens with one attached hydrogen (secondary N) is 2. The molecule has 1 saturated carbocycles. The summed E-state index contributed by atoms with van der Waals surface area (Å²) in [6.07, 6.45) is 3.66. The van der Waals surface area contributed by atoms with Crippen LogP contribution in [0, 0.1) is 23.1 Å². The number of nitrogens with two attached hydrogens (primary N) is 1. The lowest BCUT2D eigenvalue weighted by atomic mass is 9.71. The molecule has 6 nitrogen and oxygen atoms in total. The second-order valence-electron chi connectivity index (χ2n) is 8.52. The van der Waals surface area contributed by atoms with Gasteiger partial charge >= 0.3 is 0 Å². The zero-order valence-corrected chi connectivity index (χ0v) is 17.2. The number of benzene rings is 2. The molecule has 0 radical (unpaired) electrons. The lowest BCUT2D eigenvalue weighted by Gasteiger charge is -2.46. The van der Waals surface area contributed by atoms with Crippen LogP contribution in [0.25, 0.3) is 11.1 Å². The zero-order chi connectivity index (χ0) is 22.0. The number of rotatable bonds is 6. The standard InChI is InChI=1S/C24H25FN4O2/c25-21-12-17(16-2-1-3-19(10-16)22(27)30)4-5-18(21)11-20(13-26)29-23(31)24-8-6-15(7-9-24)14-28-24/h1-5,10,12,15,20,28H,6-9,11,14H2,(H2,27,30)(H,29,31). The molecule has 0 spiro atoms. The smallest absolute Gasteiger partial charge is 0.248 e. The van der Waals surface area contributed by atoms with Crippen molar-refractivity contribution in [2.45, 2.75) is 43.7 Å². The number of carbonyl (C=O) groups excluding carboxylic acids is 2. The lowest BCUT2D eigenvalue weighted by molar-refractivity contribution is -0.131. The topological polar surface area (TPSA) is 108 Å². The Hall–Kier alpha value is -3.24. The molecule has 2 bridgehead atoms. The van der Waals surface area contributed by atoms with Crippen LogP contribution in [0.5, 0.6) is 0 Å². The molecule has 2 heterocycles. The fourth-order valence-electron chi connectivity index (χ4n) is 4.59. The normalized spacial score (nSPS) is 23.0. The van der Waals surface area contributed by atoms with Gasteiger partial charge in [-0.2, -0.15) is 5.26 Å². The van der Waals surface area contributed by atoms with Crippen LogP contribution in [0.4, 0.5) is 4.39 Å². The van der Waals surface area contributed by atoms with Crippen LogP contribution in [0.1, 0.15) is 41.6 Å². The van der Waals surface area contributed by atoms with Gasteiger partial charge in [0.05, 0.1) is 11.6 Å². The molecule has 3 fully saturated rings. The molecule has 1 aliphatic carbocycles. The van der Waals surface area contributed by atoms with Gasteiger partial charge in [-0.25, -0.2) is 4.39 Å². The molecule has 7 heteroatoms. The van der Waals surface area contributed by atoms with E-state index in [1.54, 1.807) is 36.4 Å². The molecule has 2 aromatic rings. The zero-order valence-electron chi connectivity index (χ0n) is 17.2. The van der Waals surface area contributed by atoms with Crippen molar-refractivity contribution in [3.63, 3.8) is 0 Å². The van der Waals surface area contributed by atoms with Crippen LogP contribution in [0.15, 0.2) is 42.5 Å². The van der Waals surface area contributed by atoms with Crippen molar-refractivity contribution in [3.05, 3.63) is 59.4 Å². The van der Waals surface area contributed by atoms with Gasteiger partial charge in [0.2, 0.25) is 11.8 Å². The van der Waals surface area contributed by atoms with Crippen LogP contribution in [0.2, 0.25) is 0 Å². The van der Waals surface area contributed by atoms with Gasteiger partial charge in [0.1, 0.15) is 11.9 Å². The highest BCUT2D eigenvalue weighted by molar-refractivity contribution is 5.94. The quantitative estimate of drug-likeness (QED) is 0.668. The first kappa shape index (κ1) is 21.0. The van der Waals surface area contributed by atoms with Crippen molar-refractivity contribution < 1.29 is 14.0 Å². The minimum Gasteiger partial charge on any atom is -0.366 e. The van der Waals surface area contributed by atoms with Crippen LogP contribution < -0.4 is 16.4 Å². The highest BCUT2D eigenvalue weighted by atomic mass is 19.1. The number of carbonyl (C=O) groups is 2. The molecule has 2 aliphatic heterocycles. The third kappa shape index (κ3) is 4.30. The van der Waals surface area contributed by atoms with E-state index in [2.05, 4.69) is 16.7 Å². The molecule has 4 N–H and O–H groups in total. The summed E-state index contributed by atoms with van der Waals surface area (Å²) in [6.45, 7) is 0.831. The number of hydrogen-bond acceptors (Lipinski definition) is 4. The fourth-order valence-corrected chi connectivity index (χ4v) is 4.59. The highest BCUT2D eigenvalue weighted by Gasteiger charge is 2.46. The summed E-state index contributed by atoms with van der Waals surface area (Å²) in [5, 5.41) is 15.7. The summed E-state index contributed by atoms with van der Waals surface area (Å²) in [7, 11) is 0. The number of hydrogen-bond donors (Lipinski definition) is 3. The first-order valence-electron chi connectivity index (χ1n) is 10.5. The third-order valence-electron chi connectivity index (χ3n) is 6.54. The Bertz CT molecular complexity index is 1040. The van der Waals surface area contributed by atoms with E-state index in [0.717, 1.165) is 32.2 Å². The number of primary amides is 1. The molecular weight excluding hydrogens is 395 g/mol. The molecule has 160 valence electrons. The van der Waals surface area contributed by atoms with Crippen molar-refractivity contribution in [3.8, 4) is 17.2 Å². The predicted octanol–water partition coefficient (Wildman–Crippen LogP) is 2.67. The summed E-state index contributed by atoms with van der Waals surface area (Å²) < 4.78 is 14.8. The Morgan fingerprint density at radius 1 is 1.23 bits per heavy atom. The Morgan fingerprint density at radius 3 is 2.58 bits per heavy atom. The molecule has 5 rings (SSSR count). The summed E-state index contributed by atoms with van der Waals surface area (Å²) in [4.78, 5) is 24.3. The molecule has 3 aliphatic rings. The second kappa shape index (κ2) is 8.48. The highest BCUT2D eigenvalue weighted by Crippen LogP contribution is 2.37. The first-order valence-corrected chi connectivity index (χ1v) is 10.5. The molecule has 31 heavy (non-hydrogen) atoms. The second-order valence-corrected chi connectivity index (χ2v) is 8.52. The van der Waals surface area contributed by atoms with Crippen LogP contribution in [-0.2, 0) is 11.2 Å². The maximum Gasteiger partial charge on any atom is 0.248 e. The van der Waals surface area contributed by atoms with E-state index in [1.165, 1.54) is 6.07 Å². The molecule has 2 saturated heterocycles. The maximum atomic E-state index is 14.8. The average molecular weight is 420 g/mol. The molecule has 1 unspecified atom stereocenters. The van der Waals surface area contributed by atoms with Gasteiger partial charge in [0.15, 0.2) is 0 Å². The maximum absolute atomic E-state index is 14.8. The van der Waals surface area contributed by atoms with E-state index in [4.69, 9.17) is 5.73 Å². The van der Waals surface area contributed by atoms with Gasteiger partial charge in [-0.1, -0.05) is 24.3 Å². The summed E-state index contributed by atoms with van der Waals surface area (Å²) >= 11 is 0. The van der Waals surface area contributed by atoms with Gasteiger partial charge in [-0.05, 0) is 73.0 Å². The average Bonchev–Trinajstić information content (AvgIpc) is 2.81. The van der Waals surface area contributed by atoms with Crippen molar-refractivity contribution >= 4 is 11.8 Å². The molecular formula is C24H25FN4O2. The van der Waals surface area contributed by atoms with Gasteiger partial charge < -0.3 is 16.4 Å². The largest absolute Gasteiger partial charge is 0.366 e. The van der Waals surface area contributed by atoms with Gasteiger partial charge in [-0.15, -0.1) is 0 Å². The predicted molar refractivity (Wildman–Crippen MR) is 114 cm³/mol. The third-order valence-corrected chi connectivity index (χ3v) is 6.54. The summed E-state index contributed by atoms with van der Waals surface area (Å²) in [5.41, 5.74) is 6.68. The molecule has 0 aromatic heterocycles. The Labute approximate surface area is 180 Å². The number of nitrogens with zero attached hydrogens (tertiary/aromatic N) is 1. The van der Waals surface area contributed by atoms with Gasteiger partial charge in [0.25, 0.3) is 0 Å². The Kier molecular flexibility index (Phi) is 5.75. The summed E-state index contributed by atoms with van der Waals surface area (Å²) in [6, 6.07) is 12.7. The van der Waals surface area contributed by atoms with Crippen LogP contribution >= 0.6 is 0 Å². The number of fused-ring (bicyclic) bond motifs is 3. The molecule has 2 aromatic carbocycles. The lowest BCUT2D eigenvalue weighted by Crippen LogP contribution is -2.64. The van der Waals surface area contributed by atoms with Gasteiger partial charge in [0, 0.05) is 12.0 Å². The monoisotopic (exact) mass is 420 g/mol.